The molecule has 7 nitrogen and oxygen atoms in total. The van der Waals surface area contributed by atoms with Crippen molar-refractivity contribution in [2.75, 3.05) is 11.9 Å². The lowest BCUT2D eigenvalue weighted by molar-refractivity contribution is -0.204. The fourth-order valence-corrected chi connectivity index (χ4v) is 2.72. The number of sulfonamides is 1. The monoisotopic (exact) mass is 369 g/mol. The number of rotatable bonds is 6. The van der Waals surface area contributed by atoms with Gasteiger partial charge in [0.1, 0.15) is 0 Å². The summed E-state index contributed by atoms with van der Waals surface area (Å²) >= 11 is 0. The van der Waals surface area contributed by atoms with Crippen molar-refractivity contribution < 1.29 is 31.5 Å². The Balaban J connectivity index is 2.68. The molecule has 136 valence electrons. The summed E-state index contributed by atoms with van der Waals surface area (Å²) in [6.45, 7) is 1.32. The number of urea groups is 1. The Morgan fingerprint density at radius 1 is 1.38 bits per heavy atom. The number of anilines is 1. The molecule has 0 aliphatic heterocycles. The Morgan fingerprint density at radius 2 is 2.00 bits per heavy atom. The first-order chi connectivity index (χ1) is 10.9. The number of primary sulfonamides is 1. The second-order valence-corrected chi connectivity index (χ2v) is 6.48. The van der Waals surface area contributed by atoms with Gasteiger partial charge in [0.15, 0.2) is 6.10 Å². The Morgan fingerprint density at radius 3 is 2.50 bits per heavy atom. The molecule has 0 radical (unpaired) electrons. The second kappa shape index (κ2) is 7.81. The van der Waals surface area contributed by atoms with Crippen molar-refractivity contribution in [3.8, 4) is 0 Å². The number of nitrogens with one attached hydrogen (secondary N) is 2. The van der Waals surface area contributed by atoms with Gasteiger partial charge < -0.3 is 15.7 Å². The van der Waals surface area contributed by atoms with Crippen LogP contribution in [0, 0.1) is 0 Å². The van der Waals surface area contributed by atoms with Gasteiger partial charge in [-0.15, -0.1) is 0 Å². The van der Waals surface area contributed by atoms with E-state index in [-0.39, 0.29) is 10.6 Å². The molecule has 1 aromatic rings. The molecule has 11 heteroatoms. The maximum Gasteiger partial charge on any atom is 0.414 e. The fourth-order valence-electron chi connectivity index (χ4n) is 1.85. The number of hydrogen-bond acceptors (Lipinski definition) is 4. The van der Waals surface area contributed by atoms with Crippen molar-refractivity contribution >= 4 is 21.7 Å². The molecule has 0 aromatic heterocycles. The molecule has 0 aliphatic carbocycles. The standard InChI is InChI=1S/C13H18F3N3O4S/c1-2-8-3-4-9(7-10(8)24(17,22)23)19-12(21)18-6-5-11(20)13(14,15)16/h3-4,7,11,20H,2,5-6H2,1H3,(H2,17,22,23)(H2,18,19,21). The summed E-state index contributed by atoms with van der Waals surface area (Å²) in [6, 6.07) is 3.24. The average Bonchev–Trinajstić information content (AvgIpc) is 2.45. The van der Waals surface area contributed by atoms with E-state index >= 15 is 0 Å². The summed E-state index contributed by atoms with van der Waals surface area (Å²) in [4.78, 5) is 11.5. The normalized spacial score (nSPS) is 13.4. The molecule has 0 heterocycles. The Labute approximate surface area is 137 Å². The van der Waals surface area contributed by atoms with Crippen LogP contribution in [0.5, 0.6) is 0 Å². The quantitative estimate of drug-likeness (QED) is 0.604. The molecule has 0 saturated heterocycles. The van der Waals surface area contributed by atoms with Crippen molar-refractivity contribution in [2.45, 2.75) is 36.9 Å². The zero-order valence-electron chi connectivity index (χ0n) is 12.7. The topological polar surface area (TPSA) is 122 Å². The van der Waals surface area contributed by atoms with Gasteiger partial charge in [0.2, 0.25) is 10.0 Å². The van der Waals surface area contributed by atoms with Gasteiger partial charge in [-0.2, -0.15) is 13.2 Å². The van der Waals surface area contributed by atoms with Gasteiger partial charge in [-0.05, 0) is 30.5 Å². The molecule has 0 saturated carbocycles. The first kappa shape index (κ1) is 20.2. The summed E-state index contributed by atoms with van der Waals surface area (Å²) in [5.74, 6) is 0. The third-order valence-corrected chi connectivity index (χ3v) is 4.09. The van der Waals surface area contributed by atoms with Gasteiger partial charge in [-0.3, -0.25) is 0 Å². The average molecular weight is 369 g/mol. The van der Waals surface area contributed by atoms with E-state index < -0.39 is 41.3 Å². The van der Waals surface area contributed by atoms with E-state index in [1.54, 1.807) is 6.92 Å². The molecule has 0 bridgehead atoms. The fraction of sp³-hybridized carbons (Fsp3) is 0.462. The highest BCUT2D eigenvalue weighted by molar-refractivity contribution is 7.89. The number of amides is 2. The largest absolute Gasteiger partial charge is 0.414 e. The van der Waals surface area contributed by atoms with Crippen molar-refractivity contribution in [1.29, 1.82) is 0 Å². The van der Waals surface area contributed by atoms with Crippen LogP contribution < -0.4 is 15.8 Å². The van der Waals surface area contributed by atoms with E-state index in [4.69, 9.17) is 10.2 Å². The van der Waals surface area contributed by atoms with Crippen molar-refractivity contribution in [3.63, 3.8) is 0 Å². The van der Waals surface area contributed by atoms with Crippen LogP contribution in [0.2, 0.25) is 0 Å². The van der Waals surface area contributed by atoms with Crippen LogP contribution >= 0.6 is 0 Å². The molecule has 1 atom stereocenters. The summed E-state index contributed by atoms with van der Waals surface area (Å²) in [5.41, 5.74) is 0.585. The van der Waals surface area contributed by atoms with Gasteiger partial charge in [0.25, 0.3) is 0 Å². The van der Waals surface area contributed by atoms with Crippen LogP contribution in [-0.4, -0.2) is 38.4 Å². The Bertz CT molecular complexity index is 692. The number of hydrogen-bond donors (Lipinski definition) is 4. The number of halogens is 3. The molecule has 0 aliphatic rings. The molecule has 1 aromatic carbocycles. The van der Waals surface area contributed by atoms with Crippen molar-refractivity contribution in [3.05, 3.63) is 23.8 Å². The highest BCUT2D eigenvalue weighted by atomic mass is 32.2. The van der Waals surface area contributed by atoms with Crippen LogP contribution in [0.4, 0.5) is 23.7 Å². The third kappa shape index (κ3) is 5.98. The van der Waals surface area contributed by atoms with Crippen LogP contribution in [0.15, 0.2) is 23.1 Å². The first-order valence-corrected chi connectivity index (χ1v) is 8.45. The van der Waals surface area contributed by atoms with Gasteiger partial charge >= 0.3 is 12.2 Å². The lowest BCUT2D eigenvalue weighted by Gasteiger charge is -2.15. The van der Waals surface area contributed by atoms with Crippen LogP contribution in [-0.2, 0) is 16.4 Å². The molecular weight excluding hydrogens is 351 g/mol. The van der Waals surface area contributed by atoms with Crippen LogP contribution in [0.25, 0.3) is 0 Å². The zero-order valence-corrected chi connectivity index (χ0v) is 13.5. The van der Waals surface area contributed by atoms with Crippen LogP contribution in [0.1, 0.15) is 18.9 Å². The van der Waals surface area contributed by atoms with E-state index in [1.807, 2.05) is 0 Å². The third-order valence-electron chi connectivity index (χ3n) is 3.09. The molecule has 1 unspecified atom stereocenters. The maximum absolute atomic E-state index is 12.1. The smallest absolute Gasteiger partial charge is 0.384 e. The number of benzene rings is 1. The first-order valence-electron chi connectivity index (χ1n) is 6.90. The molecule has 0 spiro atoms. The van der Waals surface area contributed by atoms with E-state index in [0.717, 1.165) is 6.07 Å². The van der Waals surface area contributed by atoms with E-state index in [2.05, 4.69) is 10.6 Å². The molecular formula is C13H18F3N3O4S. The predicted molar refractivity (Wildman–Crippen MR) is 80.9 cm³/mol. The number of aliphatic hydroxyl groups is 1. The minimum absolute atomic E-state index is 0.116. The summed E-state index contributed by atoms with van der Waals surface area (Å²) in [7, 11) is -3.98. The highest BCUT2D eigenvalue weighted by Gasteiger charge is 2.37. The van der Waals surface area contributed by atoms with Gasteiger partial charge in [-0.25, -0.2) is 18.4 Å². The van der Waals surface area contributed by atoms with Gasteiger partial charge in [0.05, 0.1) is 4.90 Å². The van der Waals surface area contributed by atoms with Crippen molar-refractivity contribution in [1.82, 2.24) is 5.32 Å². The SMILES string of the molecule is CCc1ccc(NC(=O)NCCC(O)C(F)(F)F)cc1S(N)(=O)=O. The number of carbonyl (C=O) groups excluding carboxylic acids is 1. The van der Waals surface area contributed by atoms with Gasteiger partial charge in [-0.1, -0.05) is 13.0 Å². The lowest BCUT2D eigenvalue weighted by Crippen LogP contribution is -2.35. The van der Waals surface area contributed by atoms with E-state index in [0.29, 0.717) is 12.0 Å². The highest BCUT2D eigenvalue weighted by Crippen LogP contribution is 2.22. The zero-order chi connectivity index (χ0) is 18.5. The number of carbonyl (C=O) groups is 1. The van der Waals surface area contributed by atoms with Gasteiger partial charge in [0, 0.05) is 12.2 Å². The molecule has 1 rings (SSSR count). The Hall–Kier alpha value is -1.85. The predicted octanol–water partition coefficient (Wildman–Crippen LogP) is 1.33. The molecule has 0 fully saturated rings. The Kier molecular flexibility index (Phi) is 6.58. The summed E-state index contributed by atoms with van der Waals surface area (Å²) in [6.07, 6.45) is -7.57. The van der Waals surface area contributed by atoms with Crippen LogP contribution in [0.3, 0.4) is 0 Å². The number of alkyl halides is 3. The molecule has 24 heavy (non-hydrogen) atoms. The maximum atomic E-state index is 12.1. The van der Waals surface area contributed by atoms with E-state index in [9.17, 15) is 26.4 Å². The number of nitrogens with two attached hydrogens (primary N) is 1. The number of aliphatic hydroxyl groups excluding tert-OH is 1. The minimum Gasteiger partial charge on any atom is -0.384 e. The number of aryl methyl sites for hydroxylation is 1. The van der Waals surface area contributed by atoms with Crippen molar-refractivity contribution in [2.24, 2.45) is 5.14 Å². The lowest BCUT2D eigenvalue weighted by atomic mass is 10.1. The summed E-state index contributed by atoms with van der Waals surface area (Å²) in [5, 5.41) is 18.3. The molecule has 2 amide bonds. The molecule has 5 N–H and O–H groups in total. The summed E-state index contributed by atoms with van der Waals surface area (Å²) < 4.78 is 59.3. The minimum atomic E-state index is -4.75. The van der Waals surface area contributed by atoms with E-state index in [1.165, 1.54) is 12.1 Å². The second-order valence-electron chi connectivity index (χ2n) is 4.95.